The van der Waals surface area contributed by atoms with Crippen LogP contribution in [0.5, 0.6) is 0 Å². The normalized spacial score (nSPS) is 17.4. The third-order valence-electron chi connectivity index (χ3n) is 4.75. The molecule has 2 aromatic rings. The first-order valence-electron chi connectivity index (χ1n) is 8.28. The van der Waals surface area contributed by atoms with Crippen molar-refractivity contribution in [3.05, 3.63) is 64.1 Å². The van der Waals surface area contributed by atoms with E-state index in [9.17, 15) is 9.59 Å². The number of fused-ring (bicyclic) bond motifs is 1. The molecule has 126 valence electrons. The highest BCUT2D eigenvalue weighted by atomic mass is 16.2. The maximum Gasteiger partial charge on any atom is 0.254 e. The molecule has 0 saturated carbocycles. The molecule has 1 unspecified atom stereocenters. The fourth-order valence-electron chi connectivity index (χ4n) is 3.28. The van der Waals surface area contributed by atoms with E-state index in [1.807, 2.05) is 17.0 Å². The van der Waals surface area contributed by atoms with Crippen molar-refractivity contribution in [2.75, 3.05) is 18.5 Å². The minimum absolute atomic E-state index is 0.0790. The summed E-state index contributed by atoms with van der Waals surface area (Å²) in [6.45, 7) is 3.44. The summed E-state index contributed by atoms with van der Waals surface area (Å²) in [5.74, 6) is -0.0790. The Morgan fingerprint density at radius 3 is 2.67 bits per heavy atom. The van der Waals surface area contributed by atoms with Gasteiger partial charge in [-0.25, -0.2) is 0 Å². The summed E-state index contributed by atoms with van der Waals surface area (Å²) in [6, 6.07) is 11.4. The zero-order valence-electron chi connectivity index (χ0n) is 14.4. The van der Waals surface area contributed by atoms with Crippen LogP contribution in [0.4, 0.5) is 5.69 Å². The largest absolute Gasteiger partial charge is 0.372 e. The number of nitrogens with zero attached hydrogens (tertiary/aromatic N) is 3. The molecule has 5 heteroatoms. The summed E-state index contributed by atoms with van der Waals surface area (Å²) >= 11 is 0. The average Bonchev–Trinajstić information content (AvgIpc) is 2.73. The highest BCUT2D eigenvalue weighted by molar-refractivity contribution is 5.94. The number of amides is 1. The van der Waals surface area contributed by atoms with Gasteiger partial charge in [0.2, 0.25) is 0 Å². The number of aromatic nitrogens is 1. The molecule has 1 aromatic carbocycles. The first kappa shape index (κ1) is 16.3. The second-order valence-electron chi connectivity index (χ2n) is 6.37. The Morgan fingerprint density at radius 2 is 1.96 bits per heavy atom. The molecule has 1 atom stereocenters. The molecule has 0 saturated heterocycles. The van der Waals surface area contributed by atoms with Crippen LogP contribution in [0, 0.1) is 0 Å². The highest BCUT2D eigenvalue weighted by Crippen LogP contribution is 2.27. The Labute approximate surface area is 142 Å². The number of benzene rings is 1. The van der Waals surface area contributed by atoms with E-state index in [1.165, 1.54) is 10.6 Å². The number of anilines is 1. The van der Waals surface area contributed by atoms with Gasteiger partial charge in [0.05, 0.1) is 0 Å². The third-order valence-corrected chi connectivity index (χ3v) is 4.75. The van der Waals surface area contributed by atoms with E-state index in [4.69, 9.17) is 0 Å². The molecule has 2 heterocycles. The lowest BCUT2D eigenvalue weighted by atomic mass is 10.1. The number of hydrogen-bond donors (Lipinski definition) is 0. The fourth-order valence-corrected chi connectivity index (χ4v) is 3.28. The lowest BCUT2D eigenvalue weighted by molar-refractivity contribution is 0.0667. The summed E-state index contributed by atoms with van der Waals surface area (Å²) in [5, 5.41) is 0. The summed E-state index contributed by atoms with van der Waals surface area (Å²) in [7, 11) is 3.75. The van der Waals surface area contributed by atoms with Crippen LogP contribution >= 0.6 is 0 Å². The zero-order valence-corrected chi connectivity index (χ0v) is 14.4. The SMILES string of the molecule is CCC1CN(C)c2ccccc2CN1C(=O)c1ccn(C)c(=O)c1. The number of carbonyl (C=O) groups excluding carboxylic acids is 1. The van der Waals surface area contributed by atoms with Crippen molar-refractivity contribution in [3.8, 4) is 0 Å². The molecule has 0 spiro atoms. The van der Waals surface area contributed by atoms with Gasteiger partial charge in [0.1, 0.15) is 0 Å². The smallest absolute Gasteiger partial charge is 0.254 e. The van der Waals surface area contributed by atoms with Gasteiger partial charge in [-0.1, -0.05) is 25.1 Å². The van der Waals surface area contributed by atoms with Gasteiger partial charge in [0.15, 0.2) is 0 Å². The predicted molar refractivity (Wildman–Crippen MR) is 95.3 cm³/mol. The van der Waals surface area contributed by atoms with Crippen molar-refractivity contribution < 1.29 is 4.79 Å². The highest BCUT2D eigenvalue weighted by Gasteiger charge is 2.29. The number of aryl methyl sites for hydroxylation is 1. The van der Waals surface area contributed by atoms with Crippen molar-refractivity contribution in [3.63, 3.8) is 0 Å². The number of pyridine rings is 1. The van der Waals surface area contributed by atoms with Crippen molar-refractivity contribution >= 4 is 11.6 Å². The van der Waals surface area contributed by atoms with E-state index in [2.05, 4.69) is 31.0 Å². The fraction of sp³-hybridized carbons (Fsp3) is 0.368. The minimum Gasteiger partial charge on any atom is -0.372 e. The van der Waals surface area contributed by atoms with Crippen LogP contribution in [-0.4, -0.2) is 35.0 Å². The first-order valence-corrected chi connectivity index (χ1v) is 8.28. The van der Waals surface area contributed by atoms with Crippen molar-refractivity contribution in [1.82, 2.24) is 9.47 Å². The van der Waals surface area contributed by atoms with Crippen LogP contribution in [0.1, 0.15) is 29.3 Å². The number of hydrogen-bond acceptors (Lipinski definition) is 3. The van der Waals surface area contributed by atoms with Gasteiger partial charge in [-0.3, -0.25) is 9.59 Å². The Bertz CT molecular complexity index is 812. The van der Waals surface area contributed by atoms with Gasteiger partial charge in [0.25, 0.3) is 11.5 Å². The van der Waals surface area contributed by atoms with Crippen molar-refractivity contribution in [2.45, 2.75) is 25.9 Å². The molecule has 1 amide bonds. The molecular weight excluding hydrogens is 302 g/mol. The van der Waals surface area contributed by atoms with Gasteiger partial charge in [-0.2, -0.15) is 0 Å². The molecule has 1 aromatic heterocycles. The molecule has 0 fully saturated rings. The Morgan fingerprint density at radius 1 is 1.21 bits per heavy atom. The van der Waals surface area contributed by atoms with E-state index >= 15 is 0 Å². The molecule has 0 radical (unpaired) electrons. The molecule has 1 aliphatic rings. The first-order chi connectivity index (χ1) is 11.5. The van der Waals surface area contributed by atoms with Crippen LogP contribution in [-0.2, 0) is 13.6 Å². The summed E-state index contributed by atoms with van der Waals surface area (Å²) in [4.78, 5) is 29.1. The second-order valence-corrected chi connectivity index (χ2v) is 6.37. The molecule has 0 bridgehead atoms. The van der Waals surface area contributed by atoms with Gasteiger partial charge in [0, 0.05) is 56.7 Å². The van der Waals surface area contributed by atoms with E-state index in [-0.39, 0.29) is 17.5 Å². The standard InChI is InChI=1S/C19H23N3O2/c1-4-16-13-21(3)17-8-6-5-7-15(17)12-22(16)19(24)14-9-10-20(2)18(23)11-14/h5-11,16H,4,12-13H2,1-3H3. The molecule has 1 aliphatic heterocycles. The average molecular weight is 325 g/mol. The summed E-state index contributed by atoms with van der Waals surface area (Å²) < 4.78 is 1.47. The van der Waals surface area contributed by atoms with Gasteiger partial charge in [-0.15, -0.1) is 0 Å². The van der Waals surface area contributed by atoms with Gasteiger partial charge < -0.3 is 14.4 Å². The summed E-state index contributed by atoms with van der Waals surface area (Å²) in [5.41, 5.74) is 2.59. The minimum atomic E-state index is -0.166. The molecular formula is C19H23N3O2. The zero-order chi connectivity index (χ0) is 17.3. The number of carbonyl (C=O) groups is 1. The van der Waals surface area contributed by atoms with Crippen molar-refractivity contribution in [2.24, 2.45) is 7.05 Å². The van der Waals surface area contributed by atoms with Crippen LogP contribution in [0.25, 0.3) is 0 Å². The number of rotatable bonds is 2. The molecule has 0 N–H and O–H groups in total. The monoisotopic (exact) mass is 325 g/mol. The quantitative estimate of drug-likeness (QED) is 0.851. The topological polar surface area (TPSA) is 45.5 Å². The Balaban J connectivity index is 1.99. The van der Waals surface area contributed by atoms with Crippen molar-refractivity contribution in [1.29, 1.82) is 0 Å². The van der Waals surface area contributed by atoms with Crippen LogP contribution in [0.15, 0.2) is 47.4 Å². The van der Waals surface area contributed by atoms with E-state index in [0.717, 1.165) is 24.2 Å². The number of likely N-dealkylation sites (N-methyl/N-ethyl adjacent to an activating group) is 1. The Kier molecular flexibility index (Phi) is 4.42. The van der Waals surface area contributed by atoms with Crippen LogP contribution in [0.2, 0.25) is 0 Å². The van der Waals surface area contributed by atoms with Crippen LogP contribution < -0.4 is 10.5 Å². The van der Waals surface area contributed by atoms with Crippen LogP contribution in [0.3, 0.4) is 0 Å². The molecule has 0 aliphatic carbocycles. The van der Waals surface area contributed by atoms with Gasteiger partial charge in [-0.05, 0) is 24.1 Å². The maximum atomic E-state index is 13.1. The van der Waals surface area contributed by atoms with Gasteiger partial charge >= 0.3 is 0 Å². The maximum absolute atomic E-state index is 13.1. The summed E-state index contributed by atoms with van der Waals surface area (Å²) in [6.07, 6.45) is 2.52. The Hall–Kier alpha value is -2.56. The van der Waals surface area contributed by atoms with E-state index < -0.39 is 0 Å². The predicted octanol–water partition coefficient (Wildman–Crippen LogP) is 2.26. The number of para-hydroxylation sites is 1. The third kappa shape index (κ3) is 2.94. The lowest BCUT2D eigenvalue weighted by Crippen LogP contribution is -2.43. The molecule has 24 heavy (non-hydrogen) atoms. The molecule has 5 nitrogen and oxygen atoms in total. The molecule has 3 rings (SSSR count). The lowest BCUT2D eigenvalue weighted by Gasteiger charge is -2.30. The van der Waals surface area contributed by atoms with E-state index in [1.54, 1.807) is 19.3 Å². The van der Waals surface area contributed by atoms with E-state index in [0.29, 0.717) is 12.1 Å². The second kappa shape index (κ2) is 6.51.